The summed E-state index contributed by atoms with van der Waals surface area (Å²) in [6, 6.07) is 1.04. The van der Waals surface area contributed by atoms with Crippen LogP contribution in [0.5, 0.6) is 0 Å². The van der Waals surface area contributed by atoms with Crippen LogP contribution in [0, 0.1) is 6.92 Å². The molecule has 1 aliphatic heterocycles. The van der Waals surface area contributed by atoms with Gasteiger partial charge in [0.25, 0.3) is 5.91 Å². The van der Waals surface area contributed by atoms with Crippen molar-refractivity contribution in [3.05, 3.63) is 10.0 Å². The molecule has 0 radical (unpaired) electrons. The SMILES string of the molecule is Cc1nnc(C(=O)N2CCC(NC(C)C)CC2)s1. The molecule has 1 aromatic heterocycles. The van der Waals surface area contributed by atoms with E-state index in [4.69, 9.17) is 0 Å². The number of aromatic nitrogens is 2. The van der Waals surface area contributed by atoms with E-state index >= 15 is 0 Å². The second-order valence-electron chi connectivity index (χ2n) is 5.01. The number of carbonyl (C=O) groups excluding carboxylic acids is 1. The molecule has 0 atom stereocenters. The smallest absolute Gasteiger partial charge is 0.284 e. The first-order chi connectivity index (χ1) is 8.56. The molecule has 1 saturated heterocycles. The molecule has 1 aliphatic rings. The van der Waals surface area contributed by atoms with E-state index in [2.05, 4.69) is 29.4 Å². The minimum atomic E-state index is 0.0311. The third kappa shape index (κ3) is 3.26. The number of hydrogen-bond donors (Lipinski definition) is 1. The zero-order valence-electron chi connectivity index (χ0n) is 11.1. The van der Waals surface area contributed by atoms with Gasteiger partial charge in [-0.25, -0.2) is 0 Å². The summed E-state index contributed by atoms with van der Waals surface area (Å²) in [6.07, 6.45) is 2.03. The van der Waals surface area contributed by atoms with Gasteiger partial charge in [-0.2, -0.15) is 0 Å². The van der Waals surface area contributed by atoms with Gasteiger partial charge in [0.2, 0.25) is 5.01 Å². The highest BCUT2D eigenvalue weighted by Crippen LogP contribution is 2.16. The van der Waals surface area contributed by atoms with Crippen LogP contribution >= 0.6 is 11.3 Å². The lowest BCUT2D eigenvalue weighted by molar-refractivity contribution is 0.0702. The summed E-state index contributed by atoms with van der Waals surface area (Å²) in [7, 11) is 0. The van der Waals surface area contributed by atoms with Crippen LogP contribution in [-0.4, -0.2) is 46.2 Å². The third-order valence-corrected chi connectivity index (χ3v) is 3.89. The minimum Gasteiger partial charge on any atom is -0.336 e. The fourth-order valence-electron chi connectivity index (χ4n) is 2.24. The number of hydrogen-bond acceptors (Lipinski definition) is 5. The van der Waals surface area contributed by atoms with Crippen LogP contribution in [-0.2, 0) is 0 Å². The van der Waals surface area contributed by atoms with Crippen LogP contribution in [0.1, 0.15) is 41.5 Å². The van der Waals surface area contributed by atoms with Crippen molar-refractivity contribution in [2.45, 2.75) is 45.7 Å². The normalized spacial score (nSPS) is 17.4. The van der Waals surface area contributed by atoms with Gasteiger partial charge in [0.1, 0.15) is 5.01 Å². The first-order valence-electron chi connectivity index (χ1n) is 6.41. The Bertz CT molecular complexity index is 410. The van der Waals surface area contributed by atoms with Crippen LogP contribution in [0.15, 0.2) is 0 Å². The molecule has 1 aromatic rings. The molecule has 1 amide bonds. The van der Waals surface area contributed by atoms with E-state index in [1.54, 1.807) is 0 Å². The summed E-state index contributed by atoms with van der Waals surface area (Å²) in [6.45, 7) is 7.79. The van der Waals surface area contributed by atoms with Crippen molar-refractivity contribution in [2.75, 3.05) is 13.1 Å². The van der Waals surface area contributed by atoms with Crippen LogP contribution in [0.25, 0.3) is 0 Å². The minimum absolute atomic E-state index is 0.0311. The lowest BCUT2D eigenvalue weighted by atomic mass is 10.0. The molecule has 0 unspecified atom stereocenters. The molecule has 100 valence electrons. The van der Waals surface area contributed by atoms with Crippen molar-refractivity contribution < 1.29 is 4.79 Å². The van der Waals surface area contributed by atoms with Gasteiger partial charge >= 0.3 is 0 Å². The molecular weight excluding hydrogens is 248 g/mol. The van der Waals surface area contributed by atoms with Gasteiger partial charge in [-0.05, 0) is 19.8 Å². The summed E-state index contributed by atoms with van der Waals surface area (Å²) in [5, 5.41) is 12.7. The molecule has 1 N–H and O–H groups in total. The second-order valence-corrected chi connectivity index (χ2v) is 6.20. The van der Waals surface area contributed by atoms with Crippen molar-refractivity contribution in [1.29, 1.82) is 0 Å². The highest BCUT2D eigenvalue weighted by atomic mass is 32.1. The average molecular weight is 268 g/mol. The first kappa shape index (κ1) is 13.4. The van der Waals surface area contributed by atoms with Crippen molar-refractivity contribution in [3.8, 4) is 0 Å². The standard InChI is InChI=1S/C12H20N4OS/c1-8(2)13-10-4-6-16(7-5-10)12(17)11-15-14-9(3)18-11/h8,10,13H,4-7H2,1-3H3. The van der Waals surface area contributed by atoms with Crippen molar-refractivity contribution in [2.24, 2.45) is 0 Å². The first-order valence-corrected chi connectivity index (χ1v) is 7.23. The van der Waals surface area contributed by atoms with Crippen molar-refractivity contribution in [3.63, 3.8) is 0 Å². The predicted octanol–water partition coefficient (Wildman–Crippen LogP) is 1.45. The van der Waals surface area contributed by atoms with E-state index in [9.17, 15) is 4.79 Å². The highest BCUT2D eigenvalue weighted by molar-refractivity contribution is 7.13. The summed E-state index contributed by atoms with van der Waals surface area (Å²) < 4.78 is 0. The molecule has 18 heavy (non-hydrogen) atoms. The summed E-state index contributed by atoms with van der Waals surface area (Å²) in [4.78, 5) is 14.0. The van der Waals surface area contributed by atoms with Crippen LogP contribution < -0.4 is 5.32 Å². The van der Waals surface area contributed by atoms with E-state index in [-0.39, 0.29) is 5.91 Å². The molecule has 2 heterocycles. The lowest BCUT2D eigenvalue weighted by Gasteiger charge is -2.32. The predicted molar refractivity (Wildman–Crippen MR) is 71.8 cm³/mol. The summed E-state index contributed by atoms with van der Waals surface area (Å²) in [5.41, 5.74) is 0. The Morgan fingerprint density at radius 1 is 1.39 bits per heavy atom. The molecule has 2 rings (SSSR count). The zero-order chi connectivity index (χ0) is 13.1. The molecule has 0 bridgehead atoms. The van der Waals surface area contributed by atoms with Gasteiger partial charge in [0.15, 0.2) is 0 Å². The van der Waals surface area contributed by atoms with Gasteiger partial charge in [-0.3, -0.25) is 4.79 Å². The van der Waals surface area contributed by atoms with Gasteiger partial charge in [0.05, 0.1) is 0 Å². The van der Waals surface area contributed by atoms with E-state index in [1.807, 2.05) is 11.8 Å². The Hall–Kier alpha value is -1.01. The molecule has 0 spiro atoms. The number of aryl methyl sites for hydroxylation is 1. The van der Waals surface area contributed by atoms with Crippen LogP contribution in [0.3, 0.4) is 0 Å². The van der Waals surface area contributed by atoms with Crippen molar-refractivity contribution >= 4 is 17.2 Å². The van der Waals surface area contributed by atoms with E-state index in [0.717, 1.165) is 30.9 Å². The maximum atomic E-state index is 12.2. The highest BCUT2D eigenvalue weighted by Gasteiger charge is 2.25. The maximum absolute atomic E-state index is 12.2. The number of carbonyl (C=O) groups is 1. The molecule has 0 saturated carbocycles. The number of nitrogens with one attached hydrogen (secondary N) is 1. The average Bonchev–Trinajstić information content (AvgIpc) is 2.75. The third-order valence-electron chi connectivity index (χ3n) is 3.06. The van der Waals surface area contributed by atoms with Gasteiger partial charge in [-0.15, -0.1) is 10.2 Å². The van der Waals surface area contributed by atoms with Gasteiger partial charge < -0.3 is 10.2 Å². The topological polar surface area (TPSA) is 58.1 Å². The largest absolute Gasteiger partial charge is 0.336 e. The Labute approximate surface area is 112 Å². The number of rotatable bonds is 3. The Morgan fingerprint density at radius 3 is 2.56 bits per heavy atom. The van der Waals surface area contributed by atoms with Crippen LogP contribution in [0.2, 0.25) is 0 Å². The zero-order valence-corrected chi connectivity index (χ0v) is 12.0. The summed E-state index contributed by atoms with van der Waals surface area (Å²) >= 11 is 1.37. The number of nitrogens with zero attached hydrogens (tertiary/aromatic N) is 3. The maximum Gasteiger partial charge on any atom is 0.284 e. The fraction of sp³-hybridized carbons (Fsp3) is 0.750. The number of likely N-dealkylation sites (tertiary alicyclic amines) is 1. The molecule has 1 fully saturated rings. The molecule has 0 aliphatic carbocycles. The fourth-order valence-corrected chi connectivity index (χ4v) is 2.90. The Balaban J connectivity index is 1.88. The van der Waals surface area contributed by atoms with Crippen LogP contribution in [0.4, 0.5) is 0 Å². The Kier molecular flexibility index (Phi) is 4.29. The molecule has 6 heteroatoms. The van der Waals surface area contributed by atoms with E-state index in [1.165, 1.54) is 11.3 Å². The Morgan fingerprint density at radius 2 is 2.06 bits per heavy atom. The number of piperidine rings is 1. The van der Waals surface area contributed by atoms with E-state index in [0.29, 0.717) is 17.1 Å². The molecule has 5 nitrogen and oxygen atoms in total. The van der Waals surface area contributed by atoms with Gasteiger partial charge in [0, 0.05) is 25.2 Å². The molecular formula is C12H20N4OS. The second kappa shape index (κ2) is 5.75. The quantitative estimate of drug-likeness (QED) is 0.901. The van der Waals surface area contributed by atoms with E-state index < -0.39 is 0 Å². The van der Waals surface area contributed by atoms with Gasteiger partial charge in [-0.1, -0.05) is 25.2 Å². The monoisotopic (exact) mass is 268 g/mol. The number of amides is 1. The lowest BCUT2D eigenvalue weighted by Crippen LogP contribution is -2.46. The molecule has 0 aromatic carbocycles. The van der Waals surface area contributed by atoms with Crippen molar-refractivity contribution in [1.82, 2.24) is 20.4 Å². The summed E-state index contributed by atoms with van der Waals surface area (Å²) in [5.74, 6) is 0.0311.